The summed E-state index contributed by atoms with van der Waals surface area (Å²) in [5.74, 6) is 0. The molecule has 1 nitrogen and oxygen atoms in total. The average Bonchev–Trinajstić information content (AvgIpc) is 1.69. The normalized spacial score (nSPS) is 6.67. The molecule has 1 aromatic rings. The molecule has 0 saturated carbocycles. The van der Waals surface area contributed by atoms with Crippen LogP contribution in [0.1, 0.15) is 0 Å². The summed E-state index contributed by atoms with van der Waals surface area (Å²) >= 11 is 4.79. The van der Waals surface area contributed by atoms with Crippen LogP contribution in [-0.4, -0.2) is 4.98 Å². The van der Waals surface area contributed by atoms with Crippen LogP contribution in [0.2, 0.25) is 0 Å². The number of aromatic nitrogens is 1. The molecule has 1 heterocycles. The largest absolute Gasteiger partial charge is 1.00 e. The predicted octanol–water partition coefficient (Wildman–Crippen LogP) is -4.25. The third-order valence-electron chi connectivity index (χ3n) is 0.688. The first-order valence-corrected chi connectivity index (χ1v) is 2.43. The van der Waals surface area contributed by atoms with Crippen molar-refractivity contribution >= 4 is 12.2 Å². The zero-order chi connectivity index (χ0) is 5.11. The monoisotopic (exact) mass is 169 g/mol. The Morgan fingerprint density at radius 2 is 1.67 bits per heavy atom. The Kier molecular flexibility index (Phi) is 9.30. The molecule has 0 atom stereocenters. The van der Waals surface area contributed by atoms with Crippen LogP contribution in [0.3, 0.4) is 0 Å². The Labute approximate surface area is 87.6 Å². The van der Waals surface area contributed by atoms with Crippen LogP contribution < -0.4 is 42.0 Å². The molecule has 1 rings (SSSR count). The average molecular weight is 170 g/mol. The number of halogens is 1. The fourth-order valence-electron chi connectivity index (χ4n) is 0.372. The van der Waals surface area contributed by atoms with Gasteiger partial charge in [0.05, 0.1) is 0 Å². The van der Waals surface area contributed by atoms with E-state index in [1.807, 2.05) is 24.5 Å². The molecule has 1 N–H and O–H groups in total. The molecule has 0 unspecified atom stereocenters. The summed E-state index contributed by atoms with van der Waals surface area (Å²) in [4.78, 5) is 2.87. The molecule has 44 valence electrons. The van der Waals surface area contributed by atoms with Gasteiger partial charge in [0.15, 0.2) is 0 Å². The van der Waals surface area contributed by atoms with Gasteiger partial charge in [0, 0.05) is 16.9 Å². The summed E-state index contributed by atoms with van der Waals surface area (Å²) in [6.45, 7) is 0. The summed E-state index contributed by atoms with van der Waals surface area (Å²) in [5, 5.41) is 0. The van der Waals surface area contributed by atoms with Crippen LogP contribution in [0.25, 0.3) is 0 Å². The third-order valence-corrected chi connectivity index (χ3v) is 0.960. The topological polar surface area (TPSA) is 15.8 Å². The summed E-state index contributed by atoms with van der Waals surface area (Å²) in [5.41, 5.74) is 0. The fourth-order valence-corrected chi connectivity index (χ4v) is 0.508. The zero-order valence-electron chi connectivity index (χ0n) is 5.10. The molecule has 9 heavy (non-hydrogen) atoms. The molecule has 4 heteroatoms. The van der Waals surface area contributed by atoms with Gasteiger partial charge in [0.2, 0.25) is 0 Å². The van der Waals surface area contributed by atoms with Gasteiger partial charge in [-0.1, -0.05) is 12.2 Å². The number of rotatable bonds is 0. The second kappa shape index (κ2) is 6.78. The van der Waals surface area contributed by atoms with E-state index in [-0.39, 0.29) is 42.0 Å². The molecule has 0 aromatic carbocycles. The summed E-state index contributed by atoms with van der Waals surface area (Å²) in [6.07, 6.45) is 3.62. The quantitative estimate of drug-likeness (QED) is 0.307. The maximum absolute atomic E-state index is 4.79. The SMILES string of the molecule is S=c1cc[nH]cc1.[Cl-].[Na+]. The predicted molar refractivity (Wildman–Crippen MR) is 31.6 cm³/mol. The number of hydrogen-bond acceptors (Lipinski definition) is 1. The number of H-pyrrole nitrogens is 1. The number of hydrogen-bond donors (Lipinski definition) is 1. The van der Waals surface area contributed by atoms with E-state index in [9.17, 15) is 0 Å². The first kappa shape index (κ1) is 12.3. The first-order chi connectivity index (χ1) is 3.39. The van der Waals surface area contributed by atoms with E-state index >= 15 is 0 Å². The molecule has 0 amide bonds. The molecular formula is C5H5ClNNaS. The third kappa shape index (κ3) is 5.12. The molecule has 0 fully saturated rings. The fraction of sp³-hybridized carbons (Fsp3) is 0. The number of pyridine rings is 1. The van der Waals surface area contributed by atoms with Gasteiger partial charge in [0.25, 0.3) is 0 Å². The van der Waals surface area contributed by atoms with Crippen LogP contribution in [0.5, 0.6) is 0 Å². The first-order valence-electron chi connectivity index (χ1n) is 2.03. The van der Waals surface area contributed by atoms with Gasteiger partial charge in [-0.3, -0.25) is 0 Å². The molecule has 0 aliphatic carbocycles. The van der Waals surface area contributed by atoms with Crippen molar-refractivity contribution in [3.05, 3.63) is 29.0 Å². The minimum Gasteiger partial charge on any atom is -1.00 e. The molecule has 0 spiro atoms. The second-order valence-electron chi connectivity index (χ2n) is 1.24. The smallest absolute Gasteiger partial charge is 1.00 e. The van der Waals surface area contributed by atoms with Crippen LogP contribution in [0.4, 0.5) is 0 Å². The summed E-state index contributed by atoms with van der Waals surface area (Å²) in [7, 11) is 0. The van der Waals surface area contributed by atoms with Crippen molar-refractivity contribution in [2.75, 3.05) is 0 Å². The summed E-state index contributed by atoms with van der Waals surface area (Å²) < 4.78 is 0.874. The van der Waals surface area contributed by atoms with Crippen molar-refractivity contribution < 1.29 is 42.0 Å². The van der Waals surface area contributed by atoms with E-state index in [1.54, 1.807) is 0 Å². The van der Waals surface area contributed by atoms with E-state index in [1.165, 1.54) is 0 Å². The van der Waals surface area contributed by atoms with Gasteiger partial charge >= 0.3 is 29.6 Å². The molecule has 0 saturated heterocycles. The maximum atomic E-state index is 4.79. The van der Waals surface area contributed by atoms with E-state index in [0.717, 1.165) is 4.51 Å². The van der Waals surface area contributed by atoms with Crippen LogP contribution in [0.15, 0.2) is 24.5 Å². The van der Waals surface area contributed by atoms with Crippen LogP contribution in [-0.2, 0) is 0 Å². The molecule has 1 aromatic heterocycles. The van der Waals surface area contributed by atoms with Gasteiger partial charge in [0.1, 0.15) is 0 Å². The Morgan fingerprint density at radius 1 is 1.22 bits per heavy atom. The maximum Gasteiger partial charge on any atom is 1.00 e. The minimum atomic E-state index is 0. The Bertz CT molecular complexity index is 183. The second-order valence-corrected chi connectivity index (χ2v) is 1.71. The van der Waals surface area contributed by atoms with Crippen molar-refractivity contribution in [3.8, 4) is 0 Å². The number of aromatic amines is 1. The summed E-state index contributed by atoms with van der Waals surface area (Å²) in [6, 6.07) is 3.69. The van der Waals surface area contributed by atoms with Gasteiger partial charge in [-0.15, -0.1) is 0 Å². The molecule has 0 aliphatic rings. The van der Waals surface area contributed by atoms with E-state index in [4.69, 9.17) is 12.2 Å². The van der Waals surface area contributed by atoms with Crippen molar-refractivity contribution in [1.82, 2.24) is 4.98 Å². The molecule has 0 bridgehead atoms. The molecular weight excluding hydrogens is 165 g/mol. The van der Waals surface area contributed by atoms with Gasteiger partial charge in [-0.25, -0.2) is 0 Å². The van der Waals surface area contributed by atoms with Crippen molar-refractivity contribution in [2.45, 2.75) is 0 Å². The Balaban J connectivity index is 0. The van der Waals surface area contributed by atoms with Gasteiger partial charge < -0.3 is 17.4 Å². The standard InChI is InChI=1S/C5H5NS.ClH.Na/c7-5-1-3-6-4-2-5;;/h1-4H,(H,6,7);1H;/q;;+1/p-1. The van der Waals surface area contributed by atoms with E-state index < -0.39 is 0 Å². The minimum absolute atomic E-state index is 0. The van der Waals surface area contributed by atoms with Crippen LogP contribution >= 0.6 is 12.2 Å². The van der Waals surface area contributed by atoms with Crippen LogP contribution in [0, 0.1) is 4.51 Å². The van der Waals surface area contributed by atoms with Crippen molar-refractivity contribution in [3.63, 3.8) is 0 Å². The van der Waals surface area contributed by atoms with Gasteiger partial charge in [-0.2, -0.15) is 0 Å². The van der Waals surface area contributed by atoms with Crippen molar-refractivity contribution in [1.29, 1.82) is 0 Å². The van der Waals surface area contributed by atoms with E-state index in [2.05, 4.69) is 4.98 Å². The van der Waals surface area contributed by atoms with E-state index in [0.29, 0.717) is 0 Å². The number of nitrogens with one attached hydrogen (secondary N) is 1. The van der Waals surface area contributed by atoms with Crippen molar-refractivity contribution in [2.24, 2.45) is 0 Å². The van der Waals surface area contributed by atoms with Gasteiger partial charge in [-0.05, 0) is 12.1 Å². The Morgan fingerprint density at radius 3 is 1.89 bits per heavy atom. The molecule has 0 aliphatic heterocycles. The zero-order valence-corrected chi connectivity index (χ0v) is 8.67. The Hall–Kier alpha value is 0.660. The molecule has 0 radical (unpaired) electrons.